The average molecular weight is 433 g/mol. The van der Waals surface area contributed by atoms with Crippen LogP contribution in [-0.4, -0.2) is 25.0 Å². The standard InChI is InChI=1S/C26H28N2O4/c1-3-31-24-11-5-4-8-20(24)9-6-16-27-26(30)23(18-22-10-7-17-32-22)28-25(29)21-14-12-19(2)13-15-21/h4-5,7-8,10-15,17-18H,3,6,9,16H2,1-2H3,(H,27,30)(H,28,29)/b23-18-. The van der Waals surface area contributed by atoms with Gasteiger partial charge in [0.15, 0.2) is 0 Å². The second kappa shape index (κ2) is 11.6. The highest BCUT2D eigenvalue weighted by atomic mass is 16.5. The molecule has 2 amide bonds. The molecule has 0 aliphatic heterocycles. The SMILES string of the molecule is CCOc1ccccc1CCCNC(=O)/C(=C/c1ccco1)NC(=O)c1ccc(C)cc1. The summed E-state index contributed by atoms with van der Waals surface area (Å²) in [6.07, 6.45) is 4.53. The van der Waals surface area contributed by atoms with E-state index in [0.29, 0.717) is 24.5 Å². The third kappa shape index (κ3) is 6.60. The first-order chi connectivity index (χ1) is 15.6. The topological polar surface area (TPSA) is 80.6 Å². The Morgan fingerprint density at radius 2 is 1.81 bits per heavy atom. The Morgan fingerprint density at radius 1 is 1.03 bits per heavy atom. The molecule has 166 valence electrons. The zero-order valence-corrected chi connectivity index (χ0v) is 18.4. The Balaban J connectivity index is 1.62. The number of furan rings is 1. The maximum atomic E-state index is 12.8. The second-order valence-corrected chi connectivity index (χ2v) is 7.29. The van der Waals surface area contributed by atoms with Crippen molar-refractivity contribution in [3.8, 4) is 5.75 Å². The smallest absolute Gasteiger partial charge is 0.267 e. The van der Waals surface area contributed by atoms with Crippen molar-refractivity contribution in [3.05, 3.63) is 95.1 Å². The van der Waals surface area contributed by atoms with Gasteiger partial charge in [-0.25, -0.2) is 0 Å². The molecule has 3 rings (SSSR count). The maximum Gasteiger partial charge on any atom is 0.267 e. The summed E-state index contributed by atoms with van der Waals surface area (Å²) in [5.74, 6) is 0.610. The summed E-state index contributed by atoms with van der Waals surface area (Å²) in [5, 5.41) is 5.58. The third-order valence-corrected chi connectivity index (χ3v) is 4.82. The summed E-state index contributed by atoms with van der Waals surface area (Å²) < 4.78 is 11.0. The Hall–Kier alpha value is -3.80. The van der Waals surface area contributed by atoms with Crippen molar-refractivity contribution in [2.24, 2.45) is 0 Å². The summed E-state index contributed by atoms with van der Waals surface area (Å²) >= 11 is 0. The molecule has 6 heteroatoms. The molecule has 0 fully saturated rings. The lowest BCUT2D eigenvalue weighted by Crippen LogP contribution is -2.35. The van der Waals surface area contributed by atoms with E-state index in [2.05, 4.69) is 10.6 Å². The highest BCUT2D eigenvalue weighted by Crippen LogP contribution is 2.19. The van der Waals surface area contributed by atoms with Gasteiger partial charge in [0.05, 0.1) is 12.9 Å². The van der Waals surface area contributed by atoms with Crippen LogP contribution < -0.4 is 15.4 Å². The van der Waals surface area contributed by atoms with Crippen molar-refractivity contribution in [2.45, 2.75) is 26.7 Å². The lowest BCUT2D eigenvalue weighted by atomic mass is 10.1. The fourth-order valence-corrected chi connectivity index (χ4v) is 3.16. The molecule has 1 aromatic heterocycles. The minimum Gasteiger partial charge on any atom is -0.494 e. The number of nitrogens with one attached hydrogen (secondary N) is 2. The first-order valence-corrected chi connectivity index (χ1v) is 10.7. The molecule has 32 heavy (non-hydrogen) atoms. The van der Waals surface area contributed by atoms with Crippen molar-refractivity contribution in [1.82, 2.24) is 10.6 Å². The number of hydrogen-bond acceptors (Lipinski definition) is 4. The van der Waals surface area contributed by atoms with Crippen molar-refractivity contribution in [2.75, 3.05) is 13.2 Å². The average Bonchev–Trinajstić information content (AvgIpc) is 3.31. The zero-order valence-electron chi connectivity index (χ0n) is 18.4. The van der Waals surface area contributed by atoms with Crippen LogP contribution in [0, 0.1) is 6.92 Å². The van der Waals surface area contributed by atoms with Crippen molar-refractivity contribution >= 4 is 17.9 Å². The summed E-state index contributed by atoms with van der Waals surface area (Å²) in [4.78, 5) is 25.4. The van der Waals surface area contributed by atoms with Crippen LogP contribution in [0.1, 0.15) is 40.6 Å². The van der Waals surface area contributed by atoms with Crippen molar-refractivity contribution in [1.29, 1.82) is 0 Å². The molecular weight excluding hydrogens is 404 g/mol. The molecule has 0 atom stereocenters. The maximum absolute atomic E-state index is 12.8. The van der Waals surface area contributed by atoms with Crippen LogP contribution >= 0.6 is 0 Å². The van der Waals surface area contributed by atoms with Gasteiger partial charge in [0.2, 0.25) is 0 Å². The van der Waals surface area contributed by atoms with Crippen LogP contribution in [0.3, 0.4) is 0 Å². The molecule has 0 spiro atoms. The molecule has 2 aromatic carbocycles. The highest BCUT2D eigenvalue weighted by Gasteiger charge is 2.15. The quantitative estimate of drug-likeness (QED) is 0.365. The fourth-order valence-electron chi connectivity index (χ4n) is 3.16. The Labute approximate surface area is 188 Å². The molecule has 1 heterocycles. The van der Waals surface area contributed by atoms with E-state index >= 15 is 0 Å². The predicted molar refractivity (Wildman–Crippen MR) is 124 cm³/mol. The molecule has 6 nitrogen and oxygen atoms in total. The summed E-state index contributed by atoms with van der Waals surface area (Å²) in [7, 11) is 0. The van der Waals surface area contributed by atoms with Gasteiger partial charge in [-0.15, -0.1) is 0 Å². The van der Waals surface area contributed by atoms with E-state index in [1.807, 2.05) is 50.2 Å². The Kier molecular flexibility index (Phi) is 8.26. The van der Waals surface area contributed by atoms with E-state index in [1.54, 1.807) is 24.3 Å². The number of hydrogen-bond donors (Lipinski definition) is 2. The van der Waals surface area contributed by atoms with Crippen LogP contribution in [-0.2, 0) is 11.2 Å². The molecule has 0 aliphatic rings. The van der Waals surface area contributed by atoms with E-state index < -0.39 is 0 Å². The van der Waals surface area contributed by atoms with E-state index in [4.69, 9.17) is 9.15 Å². The summed E-state index contributed by atoms with van der Waals surface area (Å²) in [6.45, 7) is 4.96. The molecule has 0 radical (unpaired) electrons. The van der Waals surface area contributed by atoms with Gasteiger partial charge in [-0.1, -0.05) is 35.9 Å². The van der Waals surface area contributed by atoms with Gasteiger partial charge in [0, 0.05) is 18.2 Å². The third-order valence-electron chi connectivity index (χ3n) is 4.82. The van der Waals surface area contributed by atoms with E-state index in [-0.39, 0.29) is 17.5 Å². The molecule has 3 aromatic rings. The first kappa shape index (κ1) is 22.9. The zero-order chi connectivity index (χ0) is 22.8. The number of rotatable bonds is 10. The first-order valence-electron chi connectivity index (χ1n) is 10.7. The number of benzene rings is 2. The van der Waals surface area contributed by atoms with Crippen molar-refractivity contribution < 1.29 is 18.7 Å². The minimum atomic E-state index is -0.375. The molecule has 0 aliphatic carbocycles. The summed E-state index contributed by atoms with van der Waals surface area (Å²) in [6, 6.07) is 18.5. The van der Waals surface area contributed by atoms with Gasteiger partial charge in [0.25, 0.3) is 11.8 Å². The van der Waals surface area contributed by atoms with E-state index in [1.165, 1.54) is 12.3 Å². The van der Waals surface area contributed by atoms with Crippen LogP contribution in [0.25, 0.3) is 6.08 Å². The largest absolute Gasteiger partial charge is 0.494 e. The molecule has 0 saturated carbocycles. The van der Waals surface area contributed by atoms with Gasteiger partial charge in [-0.05, 0) is 62.6 Å². The van der Waals surface area contributed by atoms with Gasteiger partial charge < -0.3 is 19.8 Å². The Morgan fingerprint density at radius 3 is 2.53 bits per heavy atom. The normalized spacial score (nSPS) is 11.1. The minimum absolute atomic E-state index is 0.125. The lowest BCUT2D eigenvalue weighted by Gasteiger charge is -2.12. The molecular formula is C26H28N2O4. The number of amides is 2. The van der Waals surface area contributed by atoms with Gasteiger partial charge in [-0.2, -0.15) is 0 Å². The molecule has 2 N–H and O–H groups in total. The highest BCUT2D eigenvalue weighted by molar-refractivity contribution is 6.05. The van der Waals surface area contributed by atoms with Crippen molar-refractivity contribution in [3.63, 3.8) is 0 Å². The summed E-state index contributed by atoms with van der Waals surface area (Å²) in [5.41, 5.74) is 2.75. The van der Waals surface area contributed by atoms with E-state index in [9.17, 15) is 9.59 Å². The molecule has 0 unspecified atom stereocenters. The molecule has 0 bridgehead atoms. The van der Waals surface area contributed by atoms with Crippen LogP contribution in [0.5, 0.6) is 5.75 Å². The van der Waals surface area contributed by atoms with Gasteiger partial charge in [0.1, 0.15) is 17.2 Å². The lowest BCUT2D eigenvalue weighted by molar-refractivity contribution is -0.117. The number of aryl methyl sites for hydroxylation is 2. The number of para-hydroxylation sites is 1. The number of carbonyl (C=O) groups excluding carboxylic acids is 2. The predicted octanol–water partition coefficient (Wildman–Crippen LogP) is 4.51. The van der Waals surface area contributed by atoms with Crippen LogP contribution in [0.2, 0.25) is 0 Å². The van der Waals surface area contributed by atoms with E-state index in [0.717, 1.165) is 29.7 Å². The van der Waals surface area contributed by atoms with Gasteiger partial charge >= 0.3 is 0 Å². The number of carbonyl (C=O) groups is 2. The van der Waals surface area contributed by atoms with Gasteiger partial charge in [-0.3, -0.25) is 9.59 Å². The van der Waals surface area contributed by atoms with Crippen LogP contribution in [0.15, 0.2) is 77.0 Å². The second-order valence-electron chi connectivity index (χ2n) is 7.29. The molecule has 0 saturated heterocycles. The monoisotopic (exact) mass is 432 g/mol. The van der Waals surface area contributed by atoms with Crippen LogP contribution in [0.4, 0.5) is 0 Å². The Bertz CT molecular complexity index is 1050. The fraction of sp³-hybridized carbons (Fsp3) is 0.231. The number of ether oxygens (including phenoxy) is 1.